The molecule has 8 heteroatoms. The van der Waals surface area contributed by atoms with Crippen LogP contribution in [0.5, 0.6) is 5.75 Å². The van der Waals surface area contributed by atoms with Crippen LogP contribution in [0.4, 0.5) is 11.4 Å². The number of hydrogen-bond donors (Lipinski definition) is 2. The molecular weight excluding hydrogens is 516 g/mol. The molecule has 0 aromatic heterocycles. The Hall–Kier alpha value is -4.10. The molecule has 2 N–H and O–H groups in total. The van der Waals surface area contributed by atoms with Crippen molar-refractivity contribution in [1.82, 2.24) is 0 Å². The summed E-state index contributed by atoms with van der Waals surface area (Å²) in [5, 5.41) is 14.4. The van der Waals surface area contributed by atoms with Crippen LogP contribution in [0.15, 0.2) is 72.3 Å². The molecule has 3 aromatic carbocycles. The average Bonchev–Trinajstić information content (AvgIpc) is 3.14. The Morgan fingerprint density at radius 2 is 1.74 bits per heavy atom. The number of carbonyl (C=O) groups is 3. The van der Waals surface area contributed by atoms with Crippen molar-refractivity contribution in [2.45, 2.75) is 46.1 Å². The minimum absolute atomic E-state index is 0.0935. The van der Waals surface area contributed by atoms with E-state index in [4.69, 9.17) is 16.3 Å². The summed E-state index contributed by atoms with van der Waals surface area (Å²) in [6, 6.07) is 18.1. The fourth-order valence-corrected chi connectivity index (χ4v) is 4.81. The number of benzene rings is 3. The molecule has 0 bridgehead atoms. The molecule has 1 fully saturated rings. The van der Waals surface area contributed by atoms with Crippen molar-refractivity contribution >= 4 is 46.3 Å². The van der Waals surface area contributed by atoms with Crippen LogP contribution in [0, 0.1) is 0 Å². The average molecular weight is 547 g/mol. The first-order valence-corrected chi connectivity index (χ1v) is 13.0. The summed E-state index contributed by atoms with van der Waals surface area (Å²) in [7, 11) is 0. The van der Waals surface area contributed by atoms with E-state index < -0.39 is 23.5 Å². The van der Waals surface area contributed by atoms with E-state index in [9.17, 15) is 19.5 Å². The zero-order valence-corrected chi connectivity index (χ0v) is 23.3. The molecular formula is C31H31ClN2O5. The number of Topliss-reactive ketones (excluding diaryl/α,β-unsaturated/α-hetero) is 1. The Morgan fingerprint density at radius 1 is 1.05 bits per heavy atom. The number of anilines is 2. The first-order valence-electron chi connectivity index (χ1n) is 12.6. The standard InChI is InChI=1S/C31H31ClN2O5/c1-6-39-23-14-15-25(32)24(17-23)28(36)26-27(19-10-12-20(13-11-19)31(3,4)5)34(30(38)29(26)37)22-9-7-8-21(16-22)33-18(2)35/h7-17,27,36H,6H2,1-5H3,(H,33,35)/b28-26+. The third-order valence-corrected chi connectivity index (χ3v) is 6.82. The van der Waals surface area contributed by atoms with Crippen molar-refractivity contribution in [3.8, 4) is 5.75 Å². The fraction of sp³-hybridized carbons (Fsp3) is 0.258. The van der Waals surface area contributed by atoms with Crippen molar-refractivity contribution < 1.29 is 24.2 Å². The van der Waals surface area contributed by atoms with Gasteiger partial charge in [-0.15, -0.1) is 0 Å². The van der Waals surface area contributed by atoms with Gasteiger partial charge in [-0.2, -0.15) is 0 Å². The first kappa shape index (κ1) is 27.9. The largest absolute Gasteiger partial charge is 0.507 e. The van der Waals surface area contributed by atoms with E-state index in [0.29, 0.717) is 29.3 Å². The first-order chi connectivity index (χ1) is 18.4. The lowest BCUT2D eigenvalue weighted by molar-refractivity contribution is -0.132. The van der Waals surface area contributed by atoms with Gasteiger partial charge in [0.2, 0.25) is 5.91 Å². The van der Waals surface area contributed by atoms with Crippen LogP contribution in [0.2, 0.25) is 5.02 Å². The summed E-state index contributed by atoms with van der Waals surface area (Å²) in [5.41, 5.74) is 2.54. The van der Waals surface area contributed by atoms with E-state index in [1.165, 1.54) is 11.8 Å². The number of ketones is 1. The number of nitrogens with zero attached hydrogens (tertiary/aromatic N) is 1. The molecule has 1 aliphatic heterocycles. The number of carbonyl (C=O) groups excluding carboxylic acids is 3. The van der Waals surface area contributed by atoms with Crippen molar-refractivity contribution in [1.29, 1.82) is 0 Å². The van der Waals surface area contributed by atoms with Gasteiger partial charge in [0.15, 0.2) is 0 Å². The molecule has 7 nitrogen and oxygen atoms in total. The third kappa shape index (κ3) is 5.68. The van der Waals surface area contributed by atoms with Gasteiger partial charge in [0, 0.05) is 23.9 Å². The maximum atomic E-state index is 13.5. The highest BCUT2D eigenvalue weighted by Gasteiger charge is 2.47. The normalized spacial score (nSPS) is 16.9. The van der Waals surface area contributed by atoms with Crippen molar-refractivity contribution in [3.05, 3.63) is 94.0 Å². The molecule has 1 saturated heterocycles. The van der Waals surface area contributed by atoms with E-state index >= 15 is 0 Å². The molecule has 202 valence electrons. The second-order valence-electron chi connectivity index (χ2n) is 10.3. The van der Waals surface area contributed by atoms with Crippen molar-refractivity contribution in [2.24, 2.45) is 0 Å². The van der Waals surface area contributed by atoms with Crippen LogP contribution < -0.4 is 15.0 Å². The molecule has 1 atom stereocenters. The Morgan fingerprint density at radius 3 is 2.36 bits per heavy atom. The third-order valence-electron chi connectivity index (χ3n) is 6.49. The van der Waals surface area contributed by atoms with Gasteiger partial charge in [0.1, 0.15) is 11.5 Å². The number of ether oxygens (including phenoxy) is 1. The lowest BCUT2D eigenvalue weighted by Gasteiger charge is -2.27. The Kier molecular flexibility index (Phi) is 7.84. The van der Waals surface area contributed by atoms with Crippen LogP contribution in [-0.4, -0.2) is 29.3 Å². The van der Waals surface area contributed by atoms with Gasteiger partial charge < -0.3 is 15.2 Å². The number of halogens is 1. The van der Waals surface area contributed by atoms with E-state index in [0.717, 1.165) is 5.56 Å². The molecule has 2 amide bonds. The quantitative estimate of drug-likeness (QED) is 0.206. The Balaban J connectivity index is 1.94. The number of aliphatic hydroxyl groups is 1. The van der Waals surface area contributed by atoms with Gasteiger partial charge in [-0.1, -0.05) is 62.7 Å². The highest BCUT2D eigenvalue weighted by atomic mass is 35.5. The SMILES string of the molecule is CCOc1ccc(Cl)c(/C(O)=C2\C(=O)C(=O)N(c3cccc(NC(C)=O)c3)C2c2ccc(C(C)(C)C)cc2)c1. The molecule has 0 spiro atoms. The van der Waals surface area contributed by atoms with Gasteiger partial charge in [0.05, 0.1) is 23.2 Å². The molecule has 0 saturated carbocycles. The van der Waals surface area contributed by atoms with Crippen LogP contribution in [0.1, 0.15) is 57.4 Å². The van der Waals surface area contributed by atoms with Crippen LogP contribution in [0.3, 0.4) is 0 Å². The maximum absolute atomic E-state index is 13.5. The van der Waals surface area contributed by atoms with E-state index in [2.05, 4.69) is 26.1 Å². The van der Waals surface area contributed by atoms with Crippen LogP contribution >= 0.6 is 11.6 Å². The zero-order chi connectivity index (χ0) is 28.5. The second-order valence-corrected chi connectivity index (χ2v) is 10.8. The number of amides is 2. The van der Waals surface area contributed by atoms with Gasteiger partial charge in [0.25, 0.3) is 11.7 Å². The monoisotopic (exact) mass is 546 g/mol. The molecule has 1 aliphatic rings. The smallest absolute Gasteiger partial charge is 0.300 e. The number of nitrogens with one attached hydrogen (secondary N) is 1. The van der Waals surface area contributed by atoms with Gasteiger partial charge in [-0.3, -0.25) is 19.3 Å². The minimum atomic E-state index is -0.946. The summed E-state index contributed by atoms with van der Waals surface area (Å²) >= 11 is 6.44. The maximum Gasteiger partial charge on any atom is 0.300 e. The number of aliphatic hydroxyl groups excluding tert-OH is 1. The zero-order valence-electron chi connectivity index (χ0n) is 22.5. The Labute approximate surface area is 233 Å². The number of rotatable bonds is 6. The topological polar surface area (TPSA) is 95.9 Å². The highest BCUT2D eigenvalue weighted by molar-refractivity contribution is 6.52. The second kappa shape index (κ2) is 10.9. The van der Waals surface area contributed by atoms with Crippen molar-refractivity contribution in [3.63, 3.8) is 0 Å². The molecule has 0 radical (unpaired) electrons. The summed E-state index contributed by atoms with van der Waals surface area (Å²) < 4.78 is 5.56. The lowest BCUT2D eigenvalue weighted by atomic mass is 9.85. The molecule has 39 heavy (non-hydrogen) atoms. The summed E-state index contributed by atoms with van der Waals surface area (Å²) in [4.78, 5) is 40.1. The predicted molar refractivity (Wildman–Crippen MR) is 153 cm³/mol. The van der Waals surface area contributed by atoms with Gasteiger partial charge >= 0.3 is 0 Å². The molecule has 4 rings (SSSR count). The van der Waals surface area contributed by atoms with E-state index in [1.807, 2.05) is 31.2 Å². The van der Waals surface area contributed by atoms with Gasteiger partial charge in [-0.25, -0.2) is 0 Å². The fourth-order valence-electron chi connectivity index (χ4n) is 4.60. The predicted octanol–water partition coefficient (Wildman–Crippen LogP) is 6.62. The van der Waals surface area contributed by atoms with Gasteiger partial charge in [-0.05, 0) is 59.9 Å². The molecule has 0 aliphatic carbocycles. The minimum Gasteiger partial charge on any atom is -0.507 e. The van der Waals surface area contributed by atoms with Crippen molar-refractivity contribution in [2.75, 3.05) is 16.8 Å². The van der Waals surface area contributed by atoms with Crippen LogP contribution in [0.25, 0.3) is 5.76 Å². The highest BCUT2D eigenvalue weighted by Crippen LogP contribution is 2.44. The van der Waals surface area contributed by atoms with E-state index in [-0.39, 0.29) is 27.5 Å². The van der Waals surface area contributed by atoms with Crippen LogP contribution in [-0.2, 0) is 19.8 Å². The van der Waals surface area contributed by atoms with E-state index in [1.54, 1.807) is 42.5 Å². The summed E-state index contributed by atoms with van der Waals surface area (Å²) in [6.45, 7) is 9.89. The summed E-state index contributed by atoms with van der Waals surface area (Å²) in [5.74, 6) is -1.86. The molecule has 3 aromatic rings. The number of hydrogen-bond acceptors (Lipinski definition) is 5. The molecule has 1 heterocycles. The molecule has 1 unspecified atom stereocenters. The Bertz CT molecular complexity index is 1470. The lowest BCUT2D eigenvalue weighted by Crippen LogP contribution is -2.29. The summed E-state index contributed by atoms with van der Waals surface area (Å²) in [6.07, 6.45) is 0.